The fourth-order valence-electron chi connectivity index (χ4n) is 2.41. The standard InChI is InChI=1S/C11H9N7O2/c1-5-7-8(10(19)14-13-5)12-11-15-16-17-18(11)9(7)6-3-2-4-20-6/h2-4,9H,1H3,(H,14,19)(H,12,15,17)/t9-/m1/s1. The maximum atomic E-state index is 12.0. The van der Waals surface area contributed by atoms with Crippen LogP contribution in [0.4, 0.5) is 11.6 Å². The number of tetrazole rings is 1. The third kappa shape index (κ3) is 1.34. The van der Waals surface area contributed by atoms with Gasteiger partial charge < -0.3 is 9.73 Å². The predicted molar refractivity (Wildman–Crippen MR) is 66.6 cm³/mol. The van der Waals surface area contributed by atoms with Crippen LogP contribution in [0.2, 0.25) is 0 Å². The lowest BCUT2D eigenvalue weighted by Gasteiger charge is -2.25. The van der Waals surface area contributed by atoms with Gasteiger partial charge in [-0.15, -0.1) is 0 Å². The fourth-order valence-corrected chi connectivity index (χ4v) is 2.41. The van der Waals surface area contributed by atoms with E-state index in [1.54, 1.807) is 17.0 Å². The first-order valence-electron chi connectivity index (χ1n) is 5.93. The number of rotatable bonds is 1. The lowest BCUT2D eigenvalue weighted by molar-refractivity contribution is 0.433. The van der Waals surface area contributed by atoms with Crippen molar-refractivity contribution in [3.63, 3.8) is 0 Å². The van der Waals surface area contributed by atoms with Crippen LogP contribution in [0.1, 0.15) is 23.1 Å². The Labute approximate surface area is 111 Å². The van der Waals surface area contributed by atoms with E-state index in [2.05, 4.69) is 31.0 Å². The molecular formula is C11H9N7O2. The number of nitrogens with zero attached hydrogens (tertiary/aromatic N) is 5. The molecule has 0 aromatic carbocycles. The van der Waals surface area contributed by atoms with Crippen LogP contribution in [0.25, 0.3) is 0 Å². The number of furan rings is 1. The number of H-pyrrole nitrogens is 1. The van der Waals surface area contributed by atoms with Crippen molar-refractivity contribution in [2.75, 3.05) is 5.32 Å². The zero-order valence-corrected chi connectivity index (χ0v) is 10.4. The van der Waals surface area contributed by atoms with Gasteiger partial charge in [0.25, 0.3) is 5.56 Å². The molecule has 9 nitrogen and oxygen atoms in total. The van der Waals surface area contributed by atoms with Crippen LogP contribution in [-0.4, -0.2) is 30.4 Å². The Balaban J connectivity index is 2.06. The van der Waals surface area contributed by atoms with E-state index in [4.69, 9.17) is 4.42 Å². The highest BCUT2D eigenvalue weighted by Crippen LogP contribution is 2.37. The number of nitrogens with one attached hydrogen (secondary N) is 2. The summed E-state index contributed by atoms with van der Waals surface area (Å²) in [6, 6.07) is 3.17. The van der Waals surface area contributed by atoms with E-state index in [0.717, 1.165) is 0 Å². The summed E-state index contributed by atoms with van der Waals surface area (Å²) in [5.74, 6) is 1.02. The third-order valence-electron chi connectivity index (χ3n) is 3.27. The van der Waals surface area contributed by atoms with Gasteiger partial charge in [-0.1, -0.05) is 5.10 Å². The Morgan fingerprint density at radius 1 is 1.45 bits per heavy atom. The van der Waals surface area contributed by atoms with Crippen molar-refractivity contribution in [3.8, 4) is 0 Å². The summed E-state index contributed by atoms with van der Waals surface area (Å²) in [7, 11) is 0. The molecule has 2 N–H and O–H groups in total. The molecular weight excluding hydrogens is 262 g/mol. The number of anilines is 2. The van der Waals surface area contributed by atoms with Crippen LogP contribution in [0.15, 0.2) is 27.6 Å². The van der Waals surface area contributed by atoms with Crippen LogP contribution in [0.5, 0.6) is 0 Å². The van der Waals surface area contributed by atoms with Crippen molar-refractivity contribution in [2.24, 2.45) is 0 Å². The summed E-state index contributed by atoms with van der Waals surface area (Å²) in [6.45, 7) is 1.81. The van der Waals surface area contributed by atoms with Crippen molar-refractivity contribution in [1.29, 1.82) is 0 Å². The molecule has 0 saturated carbocycles. The largest absolute Gasteiger partial charge is 0.467 e. The maximum Gasteiger partial charge on any atom is 0.288 e. The summed E-state index contributed by atoms with van der Waals surface area (Å²) < 4.78 is 7.03. The van der Waals surface area contributed by atoms with Crippen LogP contribution in [0, 0.1) is 6.92 Å². The van der Waals surface area contributed by atoms with E-state index in [1.165, 1.54) is 0 Å². The zero-order chi connectivity index (χ0) is 13.7. The highest BCUT2D eigenvalue weighted by Gasteiger charge is 2.34. The van der Waals surface area contributed by atoms with Gasteiger partial charge in [-0.05, 0) is 29.5 Å². The smallest absolute Gasteiger partial charge is 0.288 e. The van der Waals surface area contributed by atoms with Crippen molar-refractivity contribution in [1.82, 2.24) is 30.4 Å². The molecule has 0 fully saturated rings. The van der Waals surface area contributed by atoms with Gasteiger partial charge >= 0.3 is 0 Å². The van der Waals surface area contributed by atoms with Crippen molar-refractivity contribution in [3.05, 3.63) is 45.8 Å². The molecule has 0 amide bonds. The van der Waals surface area contributed by atoms with Crippen molar-refractivity contribution >= 4 is 11.6 Å². The van der Waals surface area contributed by atoms with E-state index in [9.17, 15) is 4.79 Å². The van der Waals surface area contributed by atoms with Crippen LogP contribution < -0.4 is 10.9 Å². The minimum atomic E-state index is -0.416. The number of hydrogen-bond donors (Lipinski definition) is 2. The first-order chi connectivity index (χ1) is 9.75. The lowest BCUT2D eigenvalue weighted by Crippen LogP contribution is -2.29. The van der Waals surface area contributed by atoms with Gasteiger partial charge in [0.15, 0.2) is 0 Å². The Bertz CT molecular complexity index is 833. The summed E-state index contributed by atoms with van der Waals surface area (Å²) in [5.41, 5.74) is 1.44. The van der Waals surface area contributed by atoms with Crippen molar-refractivity contribution < 1.29 is 4.42 Å². The predicted octanol–water partition coefficient (Wildman–Crippen LogP) is 0.353. The molecule has 1 aliphatic rings. The average Bonchev–Trinajstić information content (AvgIpc) is 3.11. The molecule has 0 unspecified atom stereocenters. The van der Waals surface area contributed by atoms with Crippen LogP contribution in [0.3, 0.4) is 0 Å². The molecule has 0 saturated heterocycles. The lowest BCUT2D eigenvalue weighted by atomic mass is 10.0. The zero-order valence-electron chi connectivity index (χ0n) is 10.4. The van der Waals surface area contributed by atoms with E-state index in [0.29, 0.717) is 28.7 Å². The minimum Gasteiger partial charge on any atom is -0.467 e. The van der Waals surface area contributed by atoms with Crippen LogP contribution in [-0.2, 0) is 0 Å². The van der Waals surface area contributed by atoms with Gasteiger partial charge in [-0.2, -0.15) is 9.78 Å². The van der Waals surface area contributed by atoms with Gasteiger partial charge in [0.2, 0.25) is 5.95 Å². The Morgan fingerprint density at radius 2 is 2.35 bits per heavy atom. The molecule has 0 bridgehead atoms. The maximum absolute atomic E-state index is 12.0. The second-order valence-corrected chi connectivity index (χ2v) is 4.42. The second-order valence-electron chi connectivity index (χ2n) is 4.42. The van der Waals surface area contributed by atoms with E-state index in [-0.39, 0.29) is 5.56 Å². The molecule has 3 aromatic rings. The molecule has 4 heterocycles. The van der Waals surface area contributed by atoms with E-state index >= 15 is 0 Å². The van der Waals surface area contributed by atoms with Crippen LogP contribution >= 0.6 is 0 Å². The monoisotopic (exact) mass is 271 g/mol. The summed E-state index contributed by atoms with van der Waals surface area (Å²) in [6.07, 6.45) is 1.57. The summed E-state index contributed by atoms with van der Waals surface area (Å²) >= 11 is 0. The number of aromatic nitrogens is 6. The molecule has 1 aliphatic heterocycles. The topological polar surface area (TPSA) is 115 Å². The number of aryl methyl sites for hydroxylation is 1. The molecule has 100 valence electrons. The van der Waals surface area contributed by atoms with Gasteiger partial charge in [-0.25, -0.2) is 5.10 Å². The number of aromatic amines is 1. The number of hydrogen-bond acceptors (Lipinski definition) is 7. The molecule has 9 heteroatoms. The fraction of sp³-hybridized carbons (Fsp3) is 0.182. The quantitative estimate of drug-likeness (QED) is 0.513. The molecule has 4 rings (SSSR count). The highest BCUT2D eigenvalue weighted by molar-refractivity contribution is 5.63. The normalized spacial score (nSPS) is 16.4. The first-order valence-corrected chi connectivity index (χ1v) is 5.93. The molecule has 20 heavy (non-hydrogen) atoms. The minimum absolute atomic E-state index is 0.323. The molecule has 3 aromatic heterocycles. The molecule has 0 spiro atoms. The van der Waals surface area contributed by atoms with Gasteiger partial charge in [-0.3, -0.25) is 4.79 Å². The molecule has 1 atom stereocenters. The Kier molecular flexibility index (Phi) is 2.05. The summed E-state index contributed by atoms with van der Waals surface area (Å²) in [5, 5.41) is 20.8. The van der Waals surface area contributed by atoms with E-state index in [1.807, 2.05) is 13.0 Å². The van der Waals surface area contributed by atoms with Gasteiger partial charge in [0.05, 0.1) is 12.0 Å². The third-order valence-corrected chi connectivity index (χ3v) is 3.27. The average molecular weight is 271 g/mol. The second kappa shape index (κ2) is 3.76. The summed E-state index contributed by atoms with van der Waals surface area (Å²) in [4.78, 5) is 12.0. The van der Waals surface area contributed by atoms with Crippen molar-refractivity contribution in [2.45, 2.75) is 13.0 Å². The highest BCUT2D eigenvalue weighted by atomic mass is 16.3. The Morgan fingerprint density at radius 3 is 3.15 bits per heavy atom. The first kappa shape index (κ1) is 10.9. The molecule has 0 aliphatic carbocycles. The Hall–Kier alpha value is -2.97. The number of fused-ring (bicyclic) bond motifs is 2. The SMILES string of the molecule is Cc1n[nH]c(=O)c2c1[C@@H](c1ccco1)n1nnnc1N2. The van der Waals surface area contributed by atoms with Gasteiger partial charge in [0, 0.05) is 5.56 Å². The van der Waals surface area contributed by atoms with E-state index < -0.39 is 6.04 Å². The molecule has 0 radical (unpaired) electrons. The van der Waals surface area contributed by atoms with Gasteiger partial charge in [0.1, 0.15) is 17.5 Å².